The summed E-state index contributed by atoms with van der Waals surface area (Å²) in [4.78, 5) is 4.47. The maximum absolute atomic E-state index is 12.5. The van der Waals surface area contributed by atoms with Crippen LogP contribution in [0, 0.1) is 6.92 Å². The lowest BCUT2D eigenvalue weighted by atomic mass is 10.1. The van der Waals surface area contributed by atoms with Crippen LogP contribution in [0.1, 0.15) is 38.8 Å². The lowest BCUT2D eigenvalue weighted by Gasteiger charge is -2.21. The fraction of sp³-hybridized carbons (Fsp3) is 0.611. The third kappa shape index (κ3) is 10.7. The second-order valence-corrected chi connectivity index (χ2v) is 6.79. The van der Waals surface area contributed by atoms with Gasteiger partial charge in [-0.25, -0.2) is 4.99 Å². The molecule has 0 amide bonds. The highest BCUT2D eigenvalue weighted by Gasteiger charge is 2.10. The molecule has 1 aromatic carbocycles. The standard InChI is InChI=1S/C18H30F2N4O.HI/c1-6-21-17(22-9-10-24-18(3,4)5)23-12-14-11-13(2)7-8-15(14)25-16(19)20;/h7-8,11,16,24H,6,9-10,12H2,1-5H3,(H2,21,22,23);1H. The summed E-state index contributed by atoms with van der Waals surface area (Å²) in [7, 11) is 0. The molecule has 0 aliphatic rings. The molecule has 0 saturated heterocycles. The minimum Gasteiger partial charge on any atom is -0.434 e. The van der Waals surface area contributed by atoms with Crippen molar-refractivity contribution in [1.29, 1.82) is 0 Å². The molecule has 0 aliphatic carbocycles. The number of nitrogens with one attached hydrogen (secondary N) is 3. The average molecular weight is 484 g/mol. The number of ether oxygens (including phenoxy) is 1. The number of guanidine groups is 1. The Hall–Kier alpha value is -1.16. The van der Waals surface area contributed by atoms with Gasteiger partial charge in [-0.2, -0.15) is 8.78 Å². The Kier molecular flexibility index (Phi) is 11.7. The Morgan fingerprint density at radius 2 is 1.88 bits per heavy atom. The molecule has 5 nitrogen and oxygen atoms in total. The van der Waals surface area contributed by atoms with E-state index in [1.165, 1.54) is 0 Å². The zero-order valence-electron chi connectivity index (χ0n) is 16.2. The first kappa shape index (κ1) is 24.8. The predicted molar refractivity (Wildman–Crippen MR) is 114 cm³/mol. The Bertz CT molecular complexity index is 563. The molecule has 0 aliphatic heterocycles. The van der Waals surface area contributed by atoms with E-state index in [-0.39, 0.29) is 41.8 Å². The maximum Gasteiger partial charge on any atom is 0.387 e. The summed E-state index contributed by atoms with van der Waals surface area (Å²) in [5.74, 6) is 0.803. The van der Waals surface area contributed by atoms with E-state index < -0.39 is 6.61 Å². The van der Waals surface area contributed by atoms with Gasteiger partial charge in [-0.1, -0.05) is 17.7 Å². The van der Waals surface area contributed by atoms with Crippen LogP contribution in [0.3, 0.4) is 0 Å². The molecule has 0 fully saturated rings. The molecule has 0 spiro atoms. The van der Waals surface area contributed by atoms with Gasteiger partial charge >= 0.3 is 6.61 Å². The van der Waals surface area contributed by atoms with Crippen molar-refractivity contribution in [2.24, 2.45) is 4.99 Å². The van der Waals surface area contributed by atoms with E-state index in [0.29, 0.717) is 24.6 Å². The predicted octanol–water partition coefficient (Wildman–Crippen LogP) is 3.66. The monoisotopic (exact) mass is 484 g/mol. The van der Waals surface area contributed by atoms with Gasteiger partial charge in [-0.05, 0) is 40.7 Å². The first-order valence-electron chi connectivity index (χ1n) is 8.53. The van der Waals surface area contributed by atoms with Gasteiger partial charge in [0.1, 0.15) is 5.75 Å². The van der Waals surface area contributed by atoms with E-state index in [1.807, 2.05) is 19.9 Å². The van der Waals surface area contributed by atoms with Crippen LogP contribution >= 0.6 is 24.0 Å². The van der Waals surface area contributed by atoms with Gasteiger partial charge in [0, 0.05) is 30.7 Å². The van der Waals surface area contributed by atoms with Gasteiger partial charge in [0.2, 0.25) is 0 Å². The fourth-order valence-corrected chi connectivity index (χ4v) is 2.17. The van der Waals surface area contributed by atoms with Crippen molar-refractivity contribution in [3.63, 3.8) is 0 Å². The summed E-state index contributed by atoms with van der Waals surface area (Å²) in [6.45, 7) is 9.81. The van der Waals surface area contributed by atoms with Crippen LogP contribution in [0.15, 0.2) is 23.2 Å². The summed E-state index contributed by atoms with van der Waals surface area (Å²) in [6.07, 6.45) is 0. The van der Waals surface area contributed by atoms with Crippen LogP contribution in [-0.4, -0.2) is 37.7 Å². The third-order valence-corrected chi connectivity index (χ3v) is 3.26. The largest absolute Gasteiger partial charge is 0.434 e. The first-order chi connectivity index (χ1) is 11.7. The number of hydrogen-bond acceptors (Lipinski definition) is 3. The van der Waals surface area contributed by atoms with E-state index in [2.05, 4.69) is 46.5 Å². The molecular weight excluding hydrogens is 453 g/mol. The van der Waals surface area contributed by atoms with Gasteiger partial charge in [-0.3, -0.25) is 0 Å². The van der Waals surface area contributed by atoms with E-state index in [0.717, 1.165) is 12.1 Å². The molecule has 0 unspecified atom stereocenters. The third-order valence-electron chi connectivity index (χ3n) is 3.26. The smallest absolute Gasteiger partial charge is 0.387 e. The fourth-order valence-electron chi connectivity index (χ4n) is 2.17. The van der Waals surface area contributed by atoms with Crippen molar-refractivity contribution in [2.45, 2.75) is 53.3 Å². The summed E-state index contributed by atoms with van der Waals surface area (Å²) in [5.41, 5.74) is 1.66. The van der Waals surface area contributed by atoms with Gasteiger partial charge < -0.3 is 20.7 Å². The van der Waals surface area contributed by atoms with Gasteiger partial charge in [0.25, 0.3) is 0 Å². The van der Waals surface area contributed by atoms with Crippen LogP contribution in [0.25, 0.3) is 0 Å². The van der Waals surface area contributed by atoms with Crippen molar-refractivity contribution in [3.8, 4) is 5.75 Å². The minimum atomic E-state index is -2.85. The maximum atomic E-state index is 12.5. The molecule has 0 bridgehead atoms. The molecule has 0 heterocycles. The highest BCUT2D eigenvalue weighted by Crippen LogP contribution is 2.22. The number of nitrogens with zero attached hydrogens (tertiary/aromatic N) is 1. The van der Waals surface area contributed by atoms with Crippen molar-refractivity contribution < 1.29 is 13.5 Å². The molecule has 1 aromatic rings. The highest BCUT2D eigenvalue weighted by atomic mass is 127. The van der Waals surface area contributed by atoms with E-state index in [4.69, 9.17) is 0 Å². The highest BCUT2D eigenvalue weighted by molar-refractivity contribution is 14.0. The quantitative estimate of drug-likeness (QED) is 0.228. The van der Waals surface area contributed by atoms with Crippen molar-refractivity contribution in [3.05, 3.63) is 29.3 Å². The summed E-state index contributed by atoms with van der Waals surface area (Å²) < 4.78 is 29.6. The Morgan fingerprint density at radius 1 is 1.19 bits per heavy atom. The number of aryl methyl sites for hydroxylation is 1. The van der Waals surface area contributed by atoms with Crippen LogP contribution < -0.4 is 20.7 Å². The topological polar surface area (TPSA) is 57.7 Å². The van der Waals surface area contributed by atoms with E-state index in [9.17, 15) is 8.78 Å². The van der Waals surface area contributed by atoms with Crippen LogP contribution in [-0.2, 0) is 6.54 Å². The minimum absolute atomic E-state index is 0. The number of rotatable bonds is 8. The summed E-state index contributed by atoms with van der Waals surface area (Å²) in [5, 5.41) is 9.76. The number of benzene rings is 1. The number of alkyl halides is 2. The normalized spacial score (nSPS) is 11.9. The van der Waals surface area contributed by atoms with E-state index >= 15 is 0 Å². The first-order valence-corrected chi connectivity index (χ1v) is 8.53. The Labute approximate surface area is 172 Å². The second kappa shape index (κ2) is 12.3. The molecule has 8 heteroatoms. The molecule has 3 N–H and O–H groups in total. The lowest BCUT2D eigenvalue weighted by molar-refractivity contribution is -0.0504. The number of aliphatic imine (C=N–C) groups is 1. The van der Waals surface area contributed by atoms with Gasteiger partial charge in [-0.15, -0.1) is 24.0 Å². The molecule has 0 aromatic heterocycles. The molecule has 0 atom stereocenters. The van der Waals surface area contributed by atoms with Crippen LogP contribution in [0.5, 0.6) is 5.75 Å². The Morgan fingerprint density at radius 3 is 2.46 bits per heavy atom. The zero-order valence-corrected chi connectivity index (χ0v) is 18.5. The van der Waals surface area contributed by atoms with Crippen molar-refractivity contribution in [2.75, 3.05) is 19.6 Å². The molecule has 1 rings (SSSR count). The zero-order chi connectivity index (χ0) is 18.9. The molecule has 26 heavy (non-hydrogen) atoms. The van der Waals surface area contributed by atoms with Crippen molar-refractivity contribution >= 4 is 29.9 Å². The molecule has 150 valence electrons. The second-order valence-electron chi connectivity index (χ2n) is 6.79. The molecule has 0 saturated carbocycles. The lowest BCUT2D eigenvalue weighted by Crippen LogP contribution is -2.44. The SMILES string of the molecule is CCNC(=NCc1cc(C)ccc1OC(F)F)NCCNC(C)(C)C.I. The van der Waals surface area contributed by atoms with Gasteiger partial charge in [0.15, 0.2) is 5.96 Å². The van der Waals surface area contributed by atoms with Crippen LogP contribution in [0.2, 0.25) is 0 Å². The summed E-state index contributed by atoms with van der Waals surface area (Å²) >= 11 is 0. The molecular formula is C18H31F2IN4O. The van der Waals surface area contributed by atoms with E-state index in [1.54, 1.807) is 12.1 Å². The molecule has 0 radical (unpaired) electrons. The number of hydrogen-bond donors (Lipinski definition) is 3. The number of halogens is 3. The van der Waals surface area contributed by atoms with Gasteiger partial charge in [0.05, 0.1) is 6.54 Å². The Balaban J connectivity index is 0.00000625. The average Bonchev–Trinajstić information content (AvgIpc) is 2.50. The van der Waals surface area contributed by atoms with Crippen molar-refractivity contribution in [1.82, 2.24) is 16.0 Å². The van der Waals surface area contributed by atoms with Crippen LogP contribution in [0.4, 0.5) is 8.78 Å². The summed E-state index contributed by atoms with van der Waals surface area (Å²) in [6, 6.07) is 5.11.